The summed E-state index contributed by atoms with van der Waals surface area (Å²) < 4.78 is 0. The molecule has 4 heavy (non-hydrogen) atoms. The molecule has 4 heteroatoms. The van der Waals surface area contributed by atoms with Gasteiger partial charge in [-0.05, 0) is 0 Å². The average molecular weight is 380 g/mol. The Hall–Kier alpha value is 2.84. The Kier molecular flexibility index (Phi) is 123. The van der Waals surface area contributed by atoms with Crippen LogP contribution in [0, 0.1) is 0 Å². The van der Waals surface area contributed by atoms with Gasteiger partial charge in [-0.3, -0.25) is 0 Å². The topological polar surface area (TPSA) is 31.5 Å². The van der Waals surface area contributed by atoms with Gasteiger partial charge in [0.25, 0.3) is 0 Å². The molecule has 0 saturated carbocycles. The second-order valence-electron chi connectivity index (χ2n) is 0. The molecule has 0 aromatic heterocycles. The third-order valence-corrected chi connectivity index (χ3v) is 0. The maximum Gasteiger partial charge on any atom is 2.00 e. The van der Waals surface area contributed by atoms with E-state index in [0.717, 1.165) is 0 Å². The summed E-state index contributed by atoms with van der Waals surface area (Å²) in [5.41, 5.74) is 0. The first kappa shape index (κ1) is 28.9. The van der Waals surface area contributed by atoms with E-state index in [2.05, 4.69) is 0 Å². The normalized spacial score (nSPS) is 0. The van der Waals surface area contributed by atoms with Gasteiger partial charge in [-0.2, -0.15) is 0 Å². The Bertz CT molecular complexity index is 13.5. The summed E-state index contributed by atoms with van der Waals surface area (Å²) in [6, 6.07) is 0. The molecule has 0 heterocycles. The van der Waals surface area contributed by atoms with Crippen LogP contribution in [0.2, 0.25) is 0 Å². The SMILES string of the molecule is O.[Bi].[Cu].[H-].[H-].[Sr+2]. The van der Waals surface area contributed by atoms with Crippen molar-refractivity contribution in [1.29, 1.82) is 0 Å². The standard InChI is InChI=1S/Bi.Cu.H2O.Sr.2H/h;;1H2;;;/q;;;+2;2*-1. The maximum atomic E-state index is 0. The molecule has 0 fully saturated rings. The minimum Gasteiger partial charge on any atom is -1.00 e. The molecule has 0 atom stereocenters. The molecule has 0 aromatic rings. The maximum absolute atomic E-state index is 0. The van der Waals surface area contributed by atoms with Gasteiger partial charge in [0.1, 0.15) is 0 Å². The van der Waals surface area contributed by atoms with Gasteiger partial charge in [0.05, 0.1) is 0 Å². The minimum atomic E-state index is 0. The molecular formula is H4BiCuOSr. The molecule has 0 aliphatic carbocycles. The van der Waals surface area contributed by atoms with Gasteiger partial charge < -0.3 is 8.33 Å². The van der Waals surface area contributed by atoms with Crippen LogP contribution in [0.4, 0.5) is 0 Å². The molecule has 0 unspecified atom stereocenters. The number of hydrogen-bond donors (Lipinski definition) is 0. The van der Waals surface area contributed by atoms with Crippen LogP contribution in [0.25, 0.3) is 0 Å². The summed E-state index contributed by atoms with van der Waals surface area (Å²) in [6.45, 7) is 0. The third-order valence-electron chi connectivity index (χ3n) is 0. The monoisotopic (exact) mass is 380 g/mol. The zero-order valence-electron chi connectivity index (χ0n) is 3.96. The van der Waals surface area contributed by atoms with Crippen molar-refractivity contribution in [2.45, 2.75) is 0 Å². The van der Waals surface area contributed by atoms with Crippen molar-refractivity contribution in [2.24, 2.45) is 0 Å². The second kappa shape index (κ2) is 17.0. The molecule has 0 aliphatic rings. The largest absolute Gasteiger partial charge is 2.00 e. The molecule has 28 valence electrons. The summed E-state index contributed by atoms with van der Waals surface area (Å²) in [6.07, 6.45) is 0. The van der Waals surface area contributed by atoms with Gasteiger partial charge in [-0.25, -0.2) is 0 Å². The quantitative estimate of drug-likeness (QED) is 0.465. The summed E-state index contributed by atoms with van der Waals surface area (Å²) in [4.78, 5) is 0. The zero-order chi connectivity index (χ0) is 0. The van der Waals surface area contributed by atoms with Crippen LogP contribution in [-0.4, -0.2) is 77.2 Å². The van der Waals surface area contributed by atoms with Gasteiger partial charge >= 0.3 is 45.5 Å². The Morgan fingerprint density at radius 1 is 1.25 bits per heavy atom. The van der Waals surface area contributed by atoms with Crippen LogP contribution in [-0.2, 0) is 17.1 Å². The zero-order valence-corrected chi connectivity index (χ0v) is 9.85. The Morgan fingerprint density at radius 2 is 1.25 bits per heavy atom. The van der Waals surface area contributed by atoms with E-state index in [-0.39, 0.29) is 97.1 Å². The van der Waals surface area contributed by atoms with E-state index in [0.29, 0.717) is 0 Å². The molecule has 0 bridgehead atoms. The van der Waals surface area contributed by atoms with E-state index >= 15 is 0 Å². The molecule has 0 rings (SSSR count). The van der Waals surface area contributed by atoms with Crippen molar-refractivity contribution in [1.82, 2.24) is 0 Å². The van der Waals surface area contributed by atoms with Crippen LogP contribution in [0.1, 0.15) is 2.85 Å². The van der Waals surface area contributed by atoms with Gasteiger partial charge in [0.2, 0.25) is 0 Å². The first-order chi connectivity index (χ1) is 0. The van der Waals surface area contributed by atoms with Crippen LogP contribution in [0.3, 0.4) is 0 Å². The Morgan fingerprint density at radius 3 is 1.25 bits per heavy atom. The smallest absolute Gasteiger partial charge is 1.00 e. The summed E-state index contributed by atoms with van der Waals surface area (Å²) >= 11 is 0. The van der Waals surface area contributed by atoms with Gasteiger partial charge in [-0.15, -0.1) is 0 Å². The van der Waals surface area contributed by atoms with Gasteiger partial charge in [0.15, 0.2) is 0 Å². The van der Waals surface area contributed by atoms with Gasteiger partial charge in [-0.1, -0.05) is 0 Å². The van der Waals surface area contributed by atoms with Gasteiger partial charge in [0, 0.05) is 43.3 Å². The van der Waals surface area contributed by atoms with E-state index in [9.17, 15) is 0 Å². The number of hydrogen-bond acceptors (Lipinski definition) is 0. The van der Waals surface area contributed by atoms with Crippen molar-refractivity contribution in [3.8, 4) is 0 Å². The summed E-state index contributed by atoms with van der Waals surface area (Å²) in [5, 5.41) is 0. The van der Waals surface area contributed by atoms with E-state index in [1.54, 1.807) is 0 Å². The molecule has 0 spiro atoms. The third kappa shape index (κ3) is 8.85. The van der Waals surface area contributed by atoms with E-state index < -0.39 is 0 Å². The summed E-state index contributed by atoms with van der Waals surface area (Å²) in [7, 11) is 0. The molecule has 1 nitrogen and oxygen atoms in total. The first-order valence-electron chi connectivity index (χ1n) is 0. The van der Waals surface area contributed by atoms with E-state index in [1.807, 2.05) is 0 Å². The van der Waals surface area contributed by atoms with E-state index in [4.69, 9.17) is 0 Å². The summed E-state index contributed by atoms with van der Waals surface area (Å²) in [5.74, 6) is 0. The van der Waals surface area contributed by atoms with Crippen molar-refractivity contribution in [3.63, 3.8) is 0 Å². The molecule has 0 saturated heterocycles. The van der Waals surface area contributed by atoms with Crippen LogP contribution >= 0.6 is 0 Å². The van der Waals surface area contributed by atoms with Crippen molar-refractivity contribution in [2.75, 3.05) is 0 Å². The molecule has 2 N–H and O–H groups in total. The van der Waals surface area contributed by atoms with E-state index in [1.165, 1.54) is 0 Å². The fourth-order valence-corrected chi connectivity index (χ4v) is 0. The van der Waals surface area contributed by atoms with Crippen LogP contribution in [0.15, 0.2) is 0 Å². The van der Waals surface area contributed by atoms with Crippen molar-refractivity contribution >= 4 is 71.7 Å². The predicted octanol–water partition coefficient (Wildman–Crippen LogP) is -1.36. The van der Waals surface area contributed by atoms with Crippen molar-refractivity contribution in [3.05, 3.63) is 0 Å². The fourth-order valence-electron chi connectivity index (χ4n) is 0. The molecule has 0 amide bonds. The molecule has 4 radical (unpaired) electrons. The van der Waals surface area contributed by atoms with Crippen molar-refractivity contribution < 1.29 is 25.4 Å². The van der Waals surface area contributed by atoms with Crippen LogP contribution in [0.5, 0.6) is 0 Å². The average Bonchev–Trinajstić information content (AvgIpc) is 0. The molecule has 0 aliphatic heterocycles. The minimum absolute atomic E-state index is 0. The fraction of sp³-hybridized carbons (Fsp3) is 0. The number of rotatable bonds is 0. The Labute approximate surface area is 95.1 Å². The Balaban J connectivity index is 0. The second-order valence-corrected chi connectivity index (χ2v) is 0. The van der Waals surface area contributed by atoms with Crippen LogP contribution < -0.4 is 0 Å². The molecular weight excluding hydrogens is 376 g/mol. The molecule has 0 aromatic carbocycles. The first-order valence-corrected chi connectivity index (χ1v) is 0. The predicted molar refractivity (Wildman–Crippen MR) is 17.3 cm³/mol.